The number of amides is 2. The Labute approximate surface area is 151 Å². The lowest BCUT2D eigenvalue weighted by Gasteiger charge is -2.18. The predicted octanol–water partition coefficient (Wildman–Crippen LogP) is 2.34. The molecule has 7 nitrogen and oxygen atoms in total. The summed E-state index contributed by atoms with van der Waals surface area (Å²) in [6, 6.07) is 10.4. The highest BCUT2D eigenvalue weighted by atomic mass is 16.5. The van der Waals surface area contributed by atoms with Crippen LogP contribution in [0, 0.1) is 0 Å². The number of hydrogen-bond acceptors (Lipinski definition) is 4. The Kier molecular flexibility index (Phi) is 5.06. The third-order valence-corrected chi connectivity index (χ3v) is 4.30. The van der Waals surface area contributed by atoms with Crippen LogP contribution in [0.4, 0.5) is 11.4 Å². The number of aryl methyl sites for hydroxylation is 1. The number of carbonyl (C=O) groups is 3. The molecule has 136 valence electrons. The van der Waals surface area contributed by atoms with Gasteiger partial charge in [-0.15, -0.1) is 0 Å². The third-order valence-electron chi connectivity index (χ3n) is 4.30. The molecule has 1 aliphatic rings. The Balaban J connectivity index is 1.63. The van der Waals surface area contributed by atoms with E-state index in [4.69, 9.17) is 4.74 Å². The van der Waals surface area contributed by atoms with Gasteiger partial charge in [0.2, 0.25) is 5.91 Å². The highest BCUT2D eigenvalue weighted by Gasteiger charge is 2.23. The van der Waals surface area contributed by atoms with Gasteiger partial charge < -0.3 is 19.5 Å². The minimum atomic E-state index is -0.950. The number of benzene rings is 1. The summed E-state index contributed by atoms with van der Waals surface area (Å²) in [5.74, 6) is -0.910. The molecule has 1 aliphatic heterocycles. The van der Waals surface area contributed by atoms with Crippen molar-refractivity contribution in [1.82, 2.24) is 4.57 Å². The summed E-state index contributed by atoms with van der Waals surface area (Å²) in [6.07, 6.45) is 2.16. The fourth-order valence-corrected chi connectivity index (χ4v) is 2.86. The Morgan fingerprint density at radius 1 is 1.23 bits per heavy atom. The number of esters is 1. The number of nitrogens with zero attached hydrogens (tertiary/aromatic N) is 2. The number of nitrogens with one attached hydrogen (secondary N) is 1. The van der Waals surface area contributed by atoms with E-state index < -0.39 is 18.0 Å². The number of aromatic nitrogens is 1. The number of hydrogen-bond donors (Lipinski definition) is 1. The lowest BCUT2D eigenvalue weighted by molar-refractivity contribution is -0.123. The Bertz CT molecular complexity index is 843. The Morgan fingerprint density at radius 3 is 2.69 bits per heavy atom. The van der Waals surface area contributed by atoms with Crippen molar-refractivity contribution >= 4 is 29.2 Å². The van der Waals surface area contributed by atoms with Crippen LogP contribution in [0.3, 0.4) is 0 Å². The molecule has 2 aromatic rings. The largest absolute Gasteiger partial charge is 0.448 e. The molecule has 0 aliphatic carbocycles. The molecular formula is C19H21N3O4. The molecule has 0 saturated carbocycles. The van der Waals surface area contributed by atoms with Gasteiger partial charge in [0.05, 0.1) is 0 Å². The van der Waals surface area contributed by atoms with E-state index in [0.717, 1.165) is 12.1 Å². The van der Waals surface area contributed by atoms with Crippen LogP contribution in [0.15, 0.2) is 42.6 Å². The molecule has 3 rings (SSSR count). The number of ether oxygens (including phenoxy) is 1. The number of anilines is 2. The number of carbonyl (C=O) groups excluding carboxylic acids is 3. The summed E-state index contributed by atoms with van der Waals surface area (Å²) in [7, 11) is 1.73. The van der Waals surface area contributed by atoms with Gasteiger partial charge in [-0.05, 0) is 43.7 Å². The topological polar surface area (TPSA) is 80.6 Å². The van der Waals surface area contributed by atoms with E-state index in [1.165, 1.54) is 6.92 Å². The van der Waals surface area contributed by atoms with Crippen LogP contribution in [0.25, 0.3) is 0 Å². The summed E-state index contributed by atoms with van der Waals surface area (Å²) >= 11 is 0. The zero-order valence-corrected chi connectivity index (χ0v) is 14.8. The molecular weight excluding hydrogens is 334 g/mol. The van der Waals surface area contributed by atoms with Crippen LogP contribution in [-0.2, 0) is 21.4 Å². The van der Waals surface area contributed by atoms with E-state index in [0.29, 0.717) is 24.3 Å². The van der Waals surface area contributed by atoms with Crippen molar-refractivity contribution in [3.63, 3.8) is 0 Å². The quantitative estimate of drug-likeness (QED) is 0.835. The van der Waals surface area contributed by atoms with Gasteiger partial charge in [-0.3, -0.25) is 9.59 Å². The van der Waals surface area contributed by atoms with Gasteiger partial charge in [-0.25, -0.2) is 4.79 Å². The van der Waals surface area contributed by atoms with E-state index in [1.54, 1.807) is 53.0 Å². The van der Waals surface area contributed by atoms with Crippen LogP contribution < -0.4 is 10.2 Å². The lowest BCUT2D eigenvalue weighted by atomic mass is 10.2. The van der Waals surface area contributed by atoms with Crippen molar-refractivity contribution in [3.8, 4) is 0 Å². The van der Waals surface area contributed by atoms with Crippen LogP contribution in [0.1, 0.15) is 30.3 Å². The minimum absolute atomic E-state index is 0.0818. The summed E-state index contributed by atoms with van der Waals surface area (Å²) in [6.45, 7) is 2.20. The van der Waals surface area contributed by atoms with Crippen LogP contribution in [0.2, 0.25) is 0 Å². The smallest absolute Gasteiger partial charge is 0.355 e. The highest BCUT2D eigenvalue weighted by molar-refractivity contribution is 5.99. The molecule has 7 heteroatoms. The molecule has 26 heavy (non-hydrogen) atoms. The average molecular weight is 355 g/mol. The van der Waals surface area contributed by atoms with Crippen molar-refractivity contribution in [2.45, 2.75) is 25.9 Å². The molecule has 1 aromatic carbocycles. The molecule has 0 radical (unpaired) electrons. The van der Waals surface area contributed by atoms with Crippen molar-refractivity contribution in [1.29, 1.82) is 0 Å². The van der Waals surface area contributed by atoms with Gasteiger partial charge in [0.25, 0.3) is 5.91 Å². The standard InChI is InChI=1S/C19H21N3O4/c1-13(26-19(25)16-8-4-10-21(16)2)18(24)20-14-6-3-7-15(12-14)22-11-5-9-17(22)23/h3-4,6-8,10,12-13H,5,9,11H2,1-2H3,(H,20,24). The zero-order chi connectivity index (χ0) is 18.7. The van der Waals surface area contributed by atoms with Gasteiger partial charge in [0.15, 0.2) is 6.10 Å². The van der Waals surface area contributed by atoms with E-state index in [-0.39, 0.29) is 5.91 Å². The van der Waals surface area contributed by atoms with E-state index in [2.05, 4.69) is 5.32 Å². The van der Waals surface area contributed by atoms with Crippen molar-refractivity contribution in [2.24, 2.45) is 7.05 Å². The Morgan fingerprint density at radius 2 is 2.04 bits per heavy atom. The first-order valence-corrected chi connectivity index (χ1v) is 8.49. The summed E-state index contributed by atoms with van der Waals surface area (Å²) in [5, 5.41) is 2.72. The van der Waals surface area contributed by atoms with Crippen molar-refractivity contribution in [2.75, 3.05) is 16.8 Å². The maximum Gasteiger partial charge on any atom is 0.355 e. The second-order valence-corrected chi connectivity index (χ2v) is 6.24. The molecule has 2 amide bonds. The lowest BCUT2D eigenvalue weighted by Crippen LogP contribution is -2.30. The second-order valence-electron chi connectivity index (χ2n) is 6.24. The fraction of sp³-hybridized carbons (Fsp3) is 0.316. The summed E-state index contributed by atoms with van der Waals surface area (Å²) in [5.41, 5.74) is 1.67. The first-order chi connectivity index (χ1) is 12.5. The van der Waals surface area contributed by atoms with E-state index in [9.17, 15) is 14.4 Å². The van der Waals surface area contributed by atoms with Gasteiger partial charge in [-0.2, -0.15) is 0 Å². The Hall–Kier alpha value is -3.09. The van der Waals surface area contributed by atoms with Crippen LogP contribution >= 0.6 is 0 Å². The minimum Gasteiger partial charge on any atom is -0.448 e. The average Bonchev–Trinajstić information content (AvgIpc) is 3.23. The molecule has 1 fully saturated rings. The first kappa shape index (κ1) is 17.7. The summed E-state index contributed by atoms with van der Waals surface area (Å²) in [4.78, 5) is 38.0. The van der Waals surface area contributed by atoms with Gasteiger partial charge in [-0.1, -0.05) is 6.07 Å². The molecule has 0 bridgehead atoms. The molecule has 1 aromatic heterocycles. The monoisotopic (exact) mass is 355 g/mol. The molecule has 1 unspecified atom stereocenters. The third kappa shape index (κ3) is 3.77. The zero-order valence-electron chi connectivity index (χ0n) is 14.8. The molecule has 1 N–H and O–H groups in total. The van der Waals surface area contributed by atoms with Gasteiger partial charge in [0, 0.05) is 37.6 Å². The van der Waals surface area contributed by atoms with Crippen molar-refractivity contribution in [3.05, 3.63) is 48.3 Å². The molecule has 1 saturated heterocycles. The highest BCUT2D eigenvalue weighted by Crippen LogP contribution is 2.24. The maximum atomic E-state index is 12.3. The maximum absolute atomic E-state index is 12.3. The predicted molar refractivity (Wildman–Crippen MR) is 96.9 cm³/mol. The molecule has 0 spiro atoms. The van der Waals surface area contributed by atoms with Gasteiger partial charge in [0.1, 0.15) is 5.69 Å². The first-order valence-electron chi connectivity index (χ1n) is 8.49. The molecule has 1 atom stereocenters. The molecule has 2 heterocycles. The summed E-state index contributed by atoms with van der Waals surface area (Å²) < 4.78 is 6.85. The second kappa shape index (κ2) is 7.43. The number of rotatable bonds is 5. The van der Waals surface area contributed by atoms with E-state index >= 15 is 0 Å². The van der Waals surface area contributed by atoms with Gasteiger partial charge >= 0.3 is 5.97 Å². The van der Waals surface area contributed by atoms with E-state index in [1.807, 2.05) is 6.07 Å². The van der Waals surface area contributed by atoms with Crippen LogP contribution in [0.5, 0.6) is 0 Å². The van der Waals surface area contributed by atoms with Crippen molar-refractivity contribution < 1.29 is 19.1 Å². The SMILES string of the molecule is CC(OC(=O)c1cccn1C)C(=O)Nc1cccc(N2CCCC2=O)c1. The fourth-order valence-electron chi connectivity index (χ4n) is 2.86. The van der Waals surface area contributed by atoms with Crippen LogP contribution in [-0.4, -0.2) is 35.0 Å². The normalized spacial score (nSPS) is 15.0.